The van der Waals surface area contributed by atoms with Crippen molar-refractivity contribution in [2.45, 2.75) is 19.3 Å². The van der Waals surface area contributed by atoms with Gasteiger partial charge < -0.3 is 0 Å². The van der Waals surface area contributed by atoms with E-state index in [0.29, 0.717) is 0 Å². The van der Waals surface area contributed by atoms with Gasteiger partial charge in [0, 0.05) is 0 Å². The van der Waals surface area contributed by atoms with Crippen LogP contribution in [0.4, 0.5) is 0 Å². The Morgan fingerprint density at radius 2 is 1.73 bits per heavy atom. The molecular formula is C10H12Zr+2. The molecule has 0 N–H and O–H groups in total. The fourth-order valence-electron chi connectivity index (χ4n) is 0.951. The molecule has 0 atom stereocenters. The van der Waals surface area contributed by atoms with E-state index < -0.39 is 0 Å². The molecule has 1 rings (SSSR count). The van der Waals surface area contributed by atoms with Crippen molar-refractivity contribution in [1.29, 1.82) is 0 Å². The van der Waals surface area contributed by atoms with E-state index in [0.717, 1.165) is 0 Å². The van der Waals surface area contributed by atoms with Gasteiger partial charge in [-0.05, 0) is 0 Å². The summed E-state index contributed by atoms with van der Waals surface area (Å²) >= 11 is 1.49. The average Bonchev–Trinajstić information content (AvgIpc) is 2.06. The molecule has 0 unspecified atom stereocenters. The Balaban J connectivity index is 3.02. The van der Waals surface area contributed by atoms with Crippen LogP contribution in [0, 0.1) is 0 Å². The average molecular weight is 223 g/mol. The molecule has 0 aliphatic heterocycles. The van der Waals surface area contributed by atoms with Crippen molar-refractivity contribution in [3.8, 4) is 0 Å². The summed E-state index contributed by atoms with van der Waals surface area (Å²) in [6.07, 6.45) is 0. The summed E-state index contributed by atoms with van der Waals surface area (Å²) in [4.78, 5) is 0. The molecular weight excluding hydrogens is 211 g/mol. The molecule has 1 heteroatoms. The predicted octanol–water partition coefficient (Wildman–Crippen LogP) is 2.31. The van der Waals surface area contributed by atoms with Crippen LogP contribution in [-0.4, -0.2) is 3.71 Å². The van der Waals surface area contributed by atoms with E-state index in [4.69, 9.17) is 0 Å². The summed E-state index contributed by atoms with van der Waals surface area (Å²) in [6.45, 7) is 4.49. The molecule has 0 heterocycles. The van der Waals surface area contributed by atoms with E-state index in [9.17, 15) is 0 Å². The second-order valence-corrected chi connectivity index (χ2v) is 3.94. The van der Waals surface area contributed by atoms with Gasteiger partial charge in [-0.1, -0.05) is 0 Å². The first-order valence-electron chi connectivity index (χ1n) is 3.74. The Morgan fingerprint density at radius 1 is 1.18 bits per heavy atom. The zero-order chi connectivity index (χ0) is 8.32. The van der Waals surface area contributed by atoms with Crippen molar-refractivity contribution in [2.24, 2.45) is 0 Å². The molecule has 0 saturated heterocycles. The first-order chi connectivity index (χ1) is 5.17. The Kier molecular flexibility index (Phi) is 2.95. The fourth-order valence-corrected chi connectivity index (χ4v) is 1.36. The van der Waals surface area contributed by atoms with Gasteiger partial charge in [-0.3, -0.25) is 0 Å². The van der Waals surface area contributed by atoms with Gasteiger partial charge in [-0.2, -0.15) is 0 Å². The van der Waals surface area contributed by atoms with Gasteiger partial charge in [0.2, 0.25) is 0 Å². The number of benzene rings is 1. The summed E-state index contributed by atoms with van der Waals surface area (Å²) in [6, 6.07) is 10.6. The van der Waals surface area contributed by atoms with Gasteiger partial charge in [-0.25, -0.2) is 0 Å². The molecule has 11 heavy (non-hydrogen) atoms. The molecule has 0 spiro atoms. The number of hydrogen-bond donors (Lipinski definition) is 0. The fraction of sp³-hybridized carbons (Fsp3) is 0.300. The second kappa shape index (κ2) is 3.58. The topological polar surface area (TPSA) is 0 Å². The molecule has 0 nitrogen and oxygen atoms in total. The minimum atomic E-state index is 0.250. The maximum absolute atomic E-state index is 2.31. The van der Waals surface area contributed by atoms with Gasteiger partial charge in [0.15, 0.2) is 0 Å². The van der Waals surface area contributed by atoms with E-state index in [1.165, 1.54) is 29.8 Å². The molecule has 0 amide bonds. The summed E-state index contributed by atoms with van der Waals surface area (Å²) in [5, 5.41) is 0. The van der Waals surface area contributed by atoms with Crippen LogP contribution in [0.5, 0.6) is 0 Å². The van der Waals surface area contributed by atoms with Crippen molar-refractivity contribution in [3.63, 3.8) is 0 Å². The van der Waals surface area contributed by atoms with E-state index in [-0.39, 0.29) is 5.41 Å². The summed E-state index contributed by atoms with van der Waals surface area (Å²) in [5.41, 5.74) is 1.65. The van der Waals surface area contributed by atoms with Gasteiger partial charge in [0.05, 0.1) is 0 Å². The van der Waals surface area contributed by atoms with Crippen molar-refractivity contribution >= 4 is 3.71 Å². The molecule has 54 valence electrons. The van der Waals surface area contributed by atoms with Crippen molar-refractivity contribution < 1.29 is 24.2 Å². The Bertz CT molecular complexity index is 236. The summed E-state index contributed by atoms with van der Waals surface area (Å²) in [5.74, 6) is 0. The number of hydrogen-bond acceptors (Lipinski definition) is 0. The third-order valence-corrected chi connectivity index (χ3v) is 3.65. The monoisotopic (exact) mass is 222 g/mol. The van der Waals surface area contributed by atoms with E-state index >= 15 is 0 Å². The van der Waals surface area contributed by atoms with Gasteiger partial charge in [0.1, 0.15) is 0 Å². The van der Waals surface area contributed by atoms with Crippen LogP contribution in [0.1, 0.15) is 19.4 Å². The van der Waals surface area contributed by atoms with Gasteiger partial charge >= 0.3 is 83.1 Å². The van der Waals surface area contributed by atoms with Crippen LogP contribution in [0.15, 0.2) is 30.3 Å². The first-order valence-corrected chi connectivity index (χ1v) is 5.16. The molecule has 1 aromatic carbocycles. The van der Waals surface area contributed by atoms with Crippen LogP contribution < -0.4 is 0 Å². The molecule has 0 aliphatic rings. The molecule has 1 aromatic rings. The maximum atomic E-state index is 2.31. The van der Waals surface area contributed by atoms with Crippen molar-refractivity contribution in [1.82, 2.24) is 0 Å². The normalized spacial score (nSPS) is 11.3. The Hall–Kier alpha value is -0.0269. The quantitative estimate of drug-likeness (QED) is 0.722. The SMILES string of the molecule is CC(C)([CH]=[Zr+2])c1ccccc1. The third-order valence-electron chi connectivity index (χ3n) is 1.88. The second-order valence-electron chi connectivity index (χ2n) is 3.23. The molecule has 0 aliphatic carbocycles. The predicted molar refractivity (Wildman–Crippen MR) is 45.5 cm³/mol. The van der Waals surface area contributed by atoms with Crippen molar-refractivity contribution in [3.05, 3.63) is 35.9 Å². The molecule has 0 fully saturated rings. The van der Waals surface area contributed by atoms with E-state index in [2.05, 4.69) is 47.9 Å². The summed E-state index contributed by atoms with van der Waals surface area (Å²) < 4.78 is 2.31. The molecule has 0 bridgehead atoms. The zero-order valence-electron chi connectivity index (χ0n) is 6.96. The van der Waals surface area contributed by atoms with Crippen LogP contribution in [0.3, 0.4) is 0 Å². The minimum absolute atomic E-state index is 0.250. The van der Waals surface area contributed by atoms with Crippen LogP contribution >= 0.6 is 0 Å². The standard InChI is InChI=1S/C10H12.Zr/c1-10(2,3)9-7-5-4-6-8-9;/h1,4-8H,2-3H3;/q;+2. The Labute approximate surface area is 83.0 Å². The molecule has 0 saturated carbocycles. The van der Waals surface area contributed by atoms with Crippen LogP contribution in [-0.2, 0) is 29.7 Å². The van der Waals surface area contributed by atoms with E-state index in [1.54, 1.807) is 0 Å². The van der Waals surface area contributed by atoms with E-state index in [1.807, 2.05) is 0 Å². The number of rotatable bonds is 2. The van der Waals surface area contributed by atoms with Gasteiger partial charge in [0.25, 0.3) is 0 Å². The Morgan fingerprint density at radius 3 is 2.18 bits per heavy atom. The van der Waals surface area contributed by atoms with Crippen LogP contribution in [0.2, 0.25) is 0 Å². The third kappa shape index (κ3) is 2.20. The van der Waals surface area contributed by atoms with Crippen molar-refractivity contribution in [2.75, 3.05) is 0 Å². The molecule has 0 aromatic heterocycles. The van der Waals surface area contributed by atoms with Crippen LogP contribution in [0.25, 0.3) is 0 Å². The zero-order valence-corrected chi connectivity index (χ0v) is 9.42. The summed E-state index contributed by atoms with van der Waals surface area (Å²) in [7, 11) is 0. The van der Waals surface area contributed by atoms with Gasteiger partial charge in [-0.15, -0.1) is 0 Å². The molecule has 0 radical (unpaired) electrons. The first kappa shape index (κ1) is 9.06.